The Bertz CT molecular complexity index is 1460. The molecular formula is C28H25ClN2O5S. The van der Waals surface area contributed by atoms with Crippen molar-refractivity contribution in [1.29, 1.82) is 0 Å². The van der Waals surface area contributed by atoms with E-state index in [2.05, 4.69) is 5.32 Å². The zero-order valence-electron chi connectivity index (χ0n) is 20.2. The van der Waals surface area contributed by atoms with Gasteiger partial charge < -0.3 is 14.8 Å². The summed E-state index contributed by atoms with van der Waals surface area (Å²) in [5, 5.41) is 3.15. The van der Waals surface area contributed by atoms with Crippen LogP contribution in [0.4, 0.5) is 11.4 Å². The molecule has 0 aliphatic rings. The second-order valence-electron chi connectivity index (χ2n) is 8.19. The van der Waals surface area contributed by atoms with Crippen LogP contribution in [0.25, 0.3) is 0 Å². The van der Waals surface area contributed by atoms with Crippen LogP contribution in [0.1, 0.15) is 6.92 Å². The molecule has 37 heavy (non-hydrogen) atoms. The quantitative estimate of drug-likeness (QED) is 0.257. The summed E-state index contributed by atoms with van der Waals surface area (Å²) in [6, 6.07) is 28.5. The van der Waals surface area contributed by atoms with Crippen molar-refractivity contribution in [2.24, 2.45) is 0 Å². The fourth-order valence-electron chi connectivity index (χ4n) is 3.64. The van der Waals surface area contributed by atoms with E-state index in [0.29, 0.717) is 39.4 Å². The molecule has 0 aliphatic heterocycles. The van der Waals surface area contributed by atoms with E-state index in [1.54, 1.807) is 54.6 Å². The van der Waals surface area contributed by atoms with Crippen LogP contribution >= 0.6 is 11.6 Å². The minimum atomic E-state index is -3.82. The monoisotopic (exact) mass is 536 g/mol. The molecule has 9 heteroatoms. The molecule has 0 radical (unpaired) electrons. The third kappa shape index (κ3) is 6.81. The van der Waals surface area contributed by atoms with Crippen LogP contribution in [0.15, 0.2) is 103 Å². The molecule has 0 aliphatic carbocycles. The van der Waals surface area contributed by atoms with E-state index < -0.39 is 22.0 Å². The summed E-state index contributed by atoms with van der Waals surface area (Å²) in [7, 11) is -3.82. The molecule has 0 heterocycles. The fourth-order valence-corrected chi connectivity index (χ4v) is 4.98. The van der Waals surface area contributed by atoms with Gasteiger partial charge in [0.25, 0.3) is 0 Å². The van der Waals surface area contributed by atoms with Crippen LogP contribution in [0.5, 0.6) is 23.0 Å². The SMILES string of the molecule is C[C@H](C(=O)Nc1cc(Cl)ccc1Oc1ccccc1)N(c1ccc(Oc2ccccc2)cc1)S(C)(=O)=O. The molecule has 1 atom stereocenters. The van der Waals surface area contributed by atoms with Crippen molar-refractivity contribution >= 4 is 38.9 Å². The molecule has 4 rings (SSSR count). The van der Waals surface area contributed by atoms with Gasteiger partial charge in [0.15, 0.2) is 5.75 Å². The van der Waals surface area contributed by atoms with E-state index in [1.807, 2.05) is 48.5 Å². The van der Waals surface area contributed by atoms with Gasteiger partial charge in [-0.15, -0.1) is 0 Å². The van der Waals surface area contributed by atoms with Crippen LogP contribution in [-0.4, -0.2) is 26.6 Å². The Kier molecular flexibility index (Phi) is 8.01. The molecule has 1 N–H and O–H groups in total. The van der Waals surface area contributed by atoms with Gasteiger partial charge in [0.1, 0.15) is 23.3 Å². The van der Waals surface area contributed by atoms with Crippen molar-refractivity contribution in [2.75, 3.05) is 15.9 Å². The van der Waals surface area contributed by atoms with E-state index in [-0.39, 0.29) is 0 Å². The number of amides is 1. The number of sulfonamides is 1. The number of anilines is 2. The number of para-hydroxylation sites is 2. The van der Waals surface area contributed by atoms with Gasteiger partial charge in [-0.2, -0.15) is 0 Å². The average molecular weight is 537 g/mol. The van der Waals surface area contributed by atoms with E-state index >= 15 is 0 Å². The summed E-state index contributed by atoms with van der Waals surface area (Å²) in [4.78, 5) is 13.3. The smallest absolute Gasteiger partial charge is 0.248 e. The topological polar surface area (TPSA) is 84.9 Å². The van der Waals surface area contributed by atoms with Crippen molar-refractivity contribution in [3.8, 4) is 23.0 Å². The Morgan fingerprint density at radius 1 is 0.811 bits per heavy atom. The van der Waals surface area contributed by atoms with Gasteiger partial charge in [-0.25, -0.2) is 8.42 Å². The molecule has 0 unspecified atom stereocenters. The first-order chi connectivity index (χ1) is 17.7. The maximum Gasteiger partial charge on any atom is 0.248 e. The first-order valence-corrected chi connectivity index (χ1v) is 13.6. The van der Waals surface area contributed by atoms with E-state index in [0.717, 1.165) is 10.6 Å². The minimum Gasteiger partial charge on any atom is -0.457 e. The van der Waals surface area contributed by atoms with Gasteiger partial charge in [0.05, 0.1) is 17.6 Å². The van der Waals surface area contributed by atoms with Crippen molar-refractivity contribution < 1.29 is 22.7 Å². The predicted molar refractivity (Wildman–Crippen MR) is 146 cm³/mol. The number of nitrogens with zero attached hydrogens (tertiary/aromatic N) is 1. The van der Waals surface area contributed by atoms with E-state index in [1.165, 1.54) is 6.92 Å². The normalized spacial score (nSPS) is 11.9. The number of carbonyl (C=O) groups excluding carboxylic acids is 1. The molecule has 4 aromatic carbocycles. The molecule has 0 saturated heterocycles. The van der Waals surface area contributed by atoms with Crippen molar-refractivity contribution in [1.82, 2.24) is 0 Å². The Labute approximate surface area is 221 Å². The van der Waals surface area contributed by atoms with Gasteiger partial charge in [-0.3, -0.25) is 9.10 Å². The van der Waals surface area contributed by atoms with Crippen LogP contribution < -0.4 is 19.1 Å². The highest BCUT2D eigenvalue weighted by Crippen LogP contribution is 2.33. The molecule has 190 valence electrons. The van der Waals surface area contributed by atoms with Crippen LogP contribution in [0.3, 0.4) is 0 Å². The molecule has 1 amide bonds. The molecule has 4 aromatic rings. The van der Waals surface area contributed by atoms with Gasteiger partial charge in [-0.1, -0.05) is 48.0 Å². The lowest BCUT2D eigenvalue weighted by molar-refractivity contribution is -0.116. The summed E-state index contributed by atoms with van der Waals surface area (Å²) in [6.07, 6.45) is 1.05. The highest BCUT2D eigenvalue weighted by Gasteiger charge is 2.30. The summed E-state index contributed by atoms with van der Waals surface area (Å²) in [6.45, 7) is 1.51. The predicted octanol–water partition coefficient (Wildman–Crippen LogP) is 6.72. The molecule has 0 aromatic heterocycles. The number of benzene rings is 4. The van der Waals surface area contributed by atoms with E-state index in [9.17, 15) is 13.2 Å². The zero-order chi connectivity index (χ0) is 26.4. The van der Waals surface area contributed by atoms with Gasteiger partial charge in [0, 0.05) is 5.02 Å². The summed E-state index contributed by atoms with van der Waals surface area (Å²) < 4.78 is 38.2. The Morgan fingerprint density at radius 3 is 1.92 bits per heavy atom. The van der Waals surface area contributed by atoms with Crippen molar-refractivity contribution in [2.45, 2.75) is 13.0 Å². The first-order valence-electron chi connectivity index (χ1n) is 11.4. The van der Waals surface area contributed by atoms with Gasteiger partial charge >= 0.3 is 0 Å². The minimum absolute atomic E-state index is 0.313. The van der Waals surface area contributed by atoms with Gasteiger partial charge in [-0.05, 0) is 73.7 Å². The molecule has 0 bridgehead atoms. The highest BCUT2D eigenvalue weighted by molar-refractivity contribution is 7.92. The number of hydrogen-bond donors (Lipinski definition) is 1. The summed E-state index contributed by atoms with van der Waals surface area (Å²) in [5.74, 6) is 1.56. The lowest BCUT2D eigenvalue weighted by Crippen LogP contribution is -2.45. The van der Waals surface area contributed by atoms with Crippen molar-refractivity contribution in [3.63, 3.8) is 0 Å². The second kappa shape index (κ2) is 11.4. The fraction of sp³-hybridized carbons (Fsp3) is 0.107. The number of ether oxygens (including phenoxy) is 2. The lowest BCUT2D eigenvalue weighted by Gasteiger charge is -2.28. The van der Waals surface area contributed by atoms with Crippen LogP contribution in [0.2, 0.25) is 5.02 Å². The Hall–Kier alpha value is -4.01. The summed E-state index contributed by atoms with van der Waals surface area (Å²) in [5.41, 5.74) is 0.630. The largest absolute Gasteiger partial charge is 0.457 e. The lowest BCUT2D eigenvalue weighted by atomic mass is 10.2. The number of carbonyl (C=O) groups is 1. The molecular weight excluding hydrogens is 512 g/mol. The Morgan fingerprint density at radius 2 is 1.35 bits per heavy atom. The second-order valence-corrected chi connectivity index (χ2v) is 10.5. The third-order valence-electron chi connectivity index (χ3n) is 5.33. The maximum absolute atomic E-state index is 13.3. The molecule has 0 saturated carbocycles. The maximum atomic E-state index is 13.3. The third-order valence-corrected chi connectivity index (χ3v) is 6.81. The summed E-state index contributed by atoms with van der Waals surface area (Å²) >= 11 is 6.16. The molecule has 0 spiro atoms. The van der Waals surface area contributed by atoms with E-state index in [4.69, 9.17) is 21.1 Å². The molecule has 0 fully saturated rings. The number of nitrogens with one attached hydrogen (secondary N) is 1. The highest BCUT2D eigenvalue weighted by atomic mass is 35.5. The number of rotatable bonds is 9. The van der Waals surface area contributed by atoms with Gasteiger partial charge in [0.2, 0.25) is 15.9 Å². The van der Waals surface area contributed by atoms with Crippen molar-refractivity contribution in [3.05, 3.63) is 108 Å². The zero-order valence-corrected chi connectivity index (χ0v) is 21.7. The number of hydrogen-bond acceptors (Lipinski definition) is 5. The first kappa shape index (κ1) is 26.1. The molecule has 7 nitrogen and oxygen atoms in total. The Balaban J connectivity index is 1.55. The number of halogens is 1. The van der Waals surface area contributed by atoms with Crippen LogP contribution in [-0.2, 0) is 14.8 Å². The average Bonchev–Trinajstić information content (AvgIpc) is 2.87. The standard InChI is InChI=1S/C28H25ClN2O5S/c1-20(28(32)30-26-19-21(29)13-18-27(26)36-24-11-7-4-8-12-24)31(37(2,33)34)22-14-16-25(17-15-22)35-23-9-5-3-6-10-23/h3-20H,1-2H3,(H,30,32)/t20-/m1/s1. The van der Waals surface area contributed by atoms with Crippen LogP contribution in [0, 0.1) is 0 Å².